The van der Waals surface area contributed by atoms with Gasteiger partial charge in [-0.25, -0.2) is 0 Å². The lowest BCUT2D eigenvalue weighted by atomic mass is 9.84. The molecule has 112 valence electrons. The van der Waals surface area contributed by atoms with Crippen molar-refractivity contribution in [3.8, 4) is 0 Å². The summed E-state index contributed by atoms with van der Waals surface area (Å²) in [5.41, 5.74) is 7.43. The van der Waals surface area contributed by atoms with Crippen molar-refractivity contribution in [3.63, 3.8) is 0 Å². The number of rotatable bonds is 3. The van der Waals surface area contributed by atoms with Crippen LogP contribution in [0.15, 0.2) is 6.07 Å². The average molecular weight is 274 g/mol. The molecule has 0 aliphatic carbocycles. The number of nitrogens with one attached hydrogen (secondary N) is 1. The second-order valence-corrected chi connectivity index (χ2v) is 6.65. The molecule has 1 aliphatic heterocycles. The van der Waals surface area contributed by atoms with E-state index in [1.165, 1.54) is 22.3 Å². The number of hydrogen-bond acceptors (Lipinski definition) is 2. The molecular formula is C18H30N2. The Hall–Kier alpha value is -0.860. The third-order valence-corrected chi connectivity index (χ3v) is 4.90. The summed E-state index contributed by atoms with van der Waals surface area (Å²) in [6.07, 6.45) is 0. The minimum Gasteiger partial charge on any atom is -0.314 e. The van der Waals surface area contributed by atoms with Crippen molar-refractivity contribution in [2.45, 2.75) is 47.6 Å². The lowest BCUT2D eigenvalue weighted by molar-refractivity contribution is 0.136. The van der Waals surface area contributed by atoms with E-state index in [9.17, 15) is 0 Å². The largest absolute Gasteiger partial charge is 0.314 e. The minimum atomic E-state index is 0.552. The van der Waals surface area contributed by atoms with Crippen LogP contribution >= 0.6 is 0 Å². The van der Waals surface area contributed by atoms with Gasteiger partial charge in [0.15, 0.2) is 0 Å². The van der Waals surface area contributed by atoms with Gasteiger partial charge in [0.25, 0.3) is 0 Å². The van der Waals surface area contributed by atoms with Crippen LogP contribution in [0.2, 0.25) is 0 Å². The molecule has 1 aromatic rings. The maximum Gasteiger partial charge on any atom is 0.0377 e. The van der Waals surface area contributed by atoms with E-state index in [1.54, 1.807) is 5.56 Å². The second-order valence-electron chi connectivity index (χ2n) is 6.65. The van der Waals surface area contributed by atoms with Gasteiger partial charge in [-0.05, 0) is 61.4 Å². The van der Waals surface area contributed by atoms with Gasteiger partial charge in [0.05, 0.1) is 0 Å². The van der Waals surface area contributed by atoms with E-state index in [0.717, 1.165) is 26.2 Å². The Morgan fingerprint density at radius 3 is 1.90 bits per heavy atom. The number of benzene rings is 1. The Balaban J connectivity index is 2.49. The summed E-state index contributed by atoms with van der Waals surface area (Å²) in [6, 6.07) is 2.89. The highest BCUT2D eigenvalue weighted by molar-refractivity contribution is 5.46. The highest BCUT2D eigenvalue weighted by Gasteiger charge is 2.28. The smallest absolute Gasteiger partial charge is 0.0377 e. The van der Waals surface area contributed by atoms with Crippen LogP contribution in [0.4, 0.5) is 0 Å². The zero-order valence-electron chi connectivity index (χ0n) is 14.0. The quantitative estimate of drug-likeness (QED) is 0.907. The van der Waals surface area contributed by atoms with E-state index < -0.39 is 0 Å². The molecule has 0 spiro atoms. The monoisotopic (exact) mass is 274 g/mol. The third kappa shape index (κ3) is 2.91. The lowest BCUT2D eigenvalue weighted by Gasteiger charge is -2.39. The maximum absolute atomic E-state index is 3.47. The molecule has 1 unspecified atom stereocenters. The first-order chi connectivity index (χ1) is 9.43. The third-order valence-electron chi connectivity index (χ3n) is 4.90. The number of piperazine rings is 1. The standard InChI is InChI=1S/C18H30N2/c1-12(2)18(20-9-7-19-8-10-20)17-15(5)13(3)11-14(4)16(17)6/h11-12,18-19H,7-10H2,1-6H3. The topological polar surface area (TPSA) is 15.3 Å². The van der Waals surface area contributed by atoms with Crippen molar-refractivity contribution in [2.24, 2.45) is 5.92 Å². The van der Waals surface area contributed by atoms with E-state index in [4.69, 9.17) is 0 Å². The summed E-state index contributed by atoms with van der Waals surface area (Å²) in [6.45, 7) is 18.4. The molecule has 1 fully saturated rings. The van der Waals surface area contributed by atoms with Gasteiger partial charge in [-0.2, -0.15) is 0 Å². The maximum atomic E-state index is 3.47. The summed E-state index contributed by atoms with van der Waals surface area (Å²) in [5, 5.41) is 3.47. The molecule has 0 amide bonds. The molecule has 1 N–H and O–H groups in total. The predicted molar refractivity (Wildman–Crippen MR) is 87.4 cm³/mol. The molecule has 1 heterocycles. The molecular weight excluding hydrogens is 244 g/mol. The van der Waals surface area contributed by atoms with Crippen molar-refractivity contribution >= 4 is 0 Å². The normalized spacial score (nSPS) is 18.6. The van der Waals surface area contributed by atoms with Crippen LogP contribution in [0.1, 0.15) is 47.7 Å². The molecule has 2 heteroatoms. The summed E-state index contributed by atoms with van der Waals surface area (Å²) >= 11 is 0. The van der Waals surface area contributed by atoms with Crippen molar-refractivity contribution in [2.75, 3.05) is 26.2 Å². The molecule has 1 aromatic carbocycles. The van der Waals surface area contributed by atoms with E-state index in [1.807, 2.05) is 0 Å². The van der Waals surface area contributed by atoms with Crippen molar-refractivity contribution in [1.82, 2.24) is 10.2 Å². The molecule has 1 atom stereocenters. The van der Waals surface area contributed by atoms with E-state index in [2.05, 4.69) is 57.8 Å². The summed E-state index contributed by atoms with van der Waals surface area (Å²) in [7, 11) is 0. The Labute approximate surface area is 124 Å². The van der Waals surface area contributed by atoms with Gasteiger partial charge in [0.2, 0.25) is 0 Å². The minimum absolute atomic E-state index is 0.552. The van der Waals surface area contributed by atoms with Crippen LogP contribution in [0, 0.1) is 33.6 Å². The van der Waals surface area contributed by atoms with Gasteiger partial charge in [-0.15, -0.1) is 0 Å². The van der Waals surface area contributed by atoms with Crippen molar-refractivity contribution < 1.29 is 0 Å². The molecule has 0 aromatic heterocycles. The Morgan fingerprint density at radius 2 is 1.45 bits per heavy atom. The van der Waals surface area contributed by atoms with Crippen LogP contribution in [0.3, 0.4) is 0 Å². The zero-order valence-corrected chi connectivity index (χ0v) is 14.0. The van der Waals surface area contributed by atoms with E-state index in [0.29, 0.717) is 12.0 Å². The van der Waals surface area contributed by atoms with Crippen molar-refractivity contribution in [1.29, 1.82) is 0 Å². The fourth-order valence-corrected chi connectivity index (χ4v) is 3.59. The van der Waals surface area contributed by atoms with Crippen LogP contribution in [0.5, 0.6) is 0 Å². The first kappa shape index (κ1) is 15.5. The number of aryl methyl sites for hydroxylation is 2. The van der Waals surface area contributed by atoms with Crippen LogP contribution in [-0.4, -0.2) is 31.1 Å². The molecule has 1 aliphatic rings. The molecule has 1 saturated heterocycles. The highest BCUT2D eigenvalue weighted by atomic mass is 15.2. The predicted octanol–water partition coefficient (Wildman–Crippen LogP) is 3.52. The Kier molecular flexibility index (Phi) is 4.87. The summed E-state index contributed by atoms with van der Waals surface area (Å²) in [5.74, 6) is 0.645. The zero-order chi connectivity index (χ0) is 14.9. The molecule has 2 nitrogen and oxygen atoms in total. The van der Waals surface area contributed by atoms with Gasteiger partial charge >= 0.3 is 0 Å². The SMILES string of the molecule is Cc1cc(C)c(C)c(C(C(C)C)N2CCNCC2)c1C. The summed E-state index contributed by atoms with van der Waals surface area (Å²) < 4.78 is 0. The fourth-order valence-electron chi connectivity index (χ4n) is 3.59. The van der Waals surface area contributed by atoms with Crippen LogP contribution in [-0.2, 0) is 0 Å². The van der Waals surface area contributed by atoms with Crippen molar-refractivity contribution in [3.05, 3.63) is 33.9 Å². The fraction of sp³-hybridized carbons (Fsp3) is 0.667. The molecule has 0 radical (unpaired) electrons. The highest BCUT2D eigenvalue weighted by Crippen LogP contribution is 2.35. The van der Waals surface area contributed by atoms with Crippen LogP contribution < -0.4 is 5.32 Å². The van der Waals surface area contributed by atoms with Gasteiger partial charge in [-0.1, -0.05) is 19.9 Å². The number of nitrogens with zero attached hydrogens (tertiary/aromatic N) is 1. The van der Waals surface area contributed by atoms with Gasteiger partial charge < -0.3 is 5.32 Å². The molecule has 0 bridgehead atoms. The first-order valence-electron chi connectivity index (χ1n) is 7.95. The molecule has 2 rings (SSSR count). The Morgan fingerprint density at radius 1 is 0.950 bits per heavy atom. The molecule has 20 heavy (non-hydrogen) atoms. The average Bonchev–Trinajstić information content (AvgIpc) is 2.42. The van der Waals surface area contributed by atoms with Crippen LogP contribution in [0.25, 0.3) is 0 Å². The van der Waals surface area contributed by atoms with E-state index >= 15 is 0 Å². The van der Waals surface area contributed by atoms with E-state index in [-0.39, 0.29) is 0 Å². The lowest BCUT2D eigenvalue weighted by Crippen LogP contribution is -2.46. The van der Waals surface area contributed by atoms with Gasteiger partial charge in [0, 0.05) is 32.2 Å². The summed E-state index contributed by atoms with van der Waals surface area (Å²) in [4.78, 5) is 2.68. The number of hydrogen-bond donors (Lipinski definition) is 1. The second kappa shape index (κ2) is 6.28. The Bertz CT molecular complexity index is 445. The van der Waals surface area contributed by atoms with Gasteiger partial charge in [-0.3, -0.25) is 4.90 Å². The first-order valence-corrected chi connectivity index (χ1v) is 7.95. The van der Waals surface area contributed by atoms with Gasteiger partial charge in [0.1, 0.15) is 0 Å². The molecule has 0 saturated carbocycles.